The normalized spacial score (nSPS) is 14.2. The average Bonchev–Trinajstić information content (AvgIpc) is 2.96. The van der Waals surface area contributed by atoms with Crippen molar-refractivity contribution < 1.29 is 14.3 Å². The Morgan fingerprint density at radius 3 is 3.00 bits per heavy atom. The summed E-state index contributed by atoms with van der Waals surface area (Å²) in [6, 6.07) is 3.35. The number of furan rings is 1. The monoisotopic (exact) mass is 249 g/mol. The second kappa shape index (κ2) is 4.66. The number of aryl methyl sites for hydroxylation is 1. The molecule has 96 valence electrons. The highest BCUT2D eigenvalue weighted by molar-refractivity contribution is 5.93. The number of nitrogens with one attached hydrogen (secondary N) is 1. The lowest BCUT2D eigenvalue weighted by Gasteiger charge is -2.20. The first-order valence-corrected chi connectivity index (χ1v) is 5.52. The minimum atomic E-state index is -1.23. The maximum Gasteiger partial charge on any atom is 0.254 e. The van der Waals surface area contributed by atoms with Crippen LogP contribution in [0, 0.1) is 0 Å². The third kappa shape index (κ3) is 2.60. The van der Waals surface area contributed by atoms with Gasteiger partial charge in [-0.2, -0.15) is 5.10 Å². The molecule has 0 aromatic carbocycles. The number of carbonyl (C=O) groups is 1. The smallest absolute Gasteiger partial charge is 0.254 e. The van der Waals surface area contributed by atoms with Gasteiger partial charge in [0.25, 0.3) is 5.91 Å². The van der Waals surface area contributed by atoms with Crippen LogP contribution >= 0.6 is 0 Å². The van der Waals surface area contributed by atoms with Gasteiger partial charge in [-0.3, -0.25) is 9.48 Å². The van der Waals surface area contributed by atoms with Crippen LogP contribution in [0.25, 0.3) is 0 Å². The van der Waals surface area contributed by atoms with E-state index < -0.39 is 5.60 Å². The van der Waals surface area contributed by atoms with Crippen LogP contribution in [0.3, 0.4) is 0 Å². The molecular weight excluding hydrogens is 234 g/mol. The number of carbonyl (C=O) groups excluding carboxylic acids is 1. The fourth-order valence-electron chi connectivity index (χ4n) is 1.57. The third-order valence-corrected chi connectivity index (χ3v) is 2.61. The summed E-state index contributed by atoms with van der Waals surface area (Å²) in [4.78, 5) is 11.8. The standard InChI is InChI=1S/C12H15N3O3/c1-12(17,10-4-3-5-18-10)8-13-11(16)9-6-14-15(2)7-9/h3-7,17H,8H2,1-2H3,(H,13,16). The van der Waals surface area contributed by atoms with Crippen molar-refractivity contribution >= 4 is 5.91 Å². The molecule has 0 fully saturated rings. The van der Waals surface area contributed by atoms with Crippen LogP contribution in [0.1, 0.15) is 23.0 Å². The van der Waals surface area contributed by atoms with Gasteiger partial charge in [0.15, 0.2) is 0 Å². The van der Waals surface area contributed by atoms with E-state index in [1.807, 2.05) is 0 Å². The minimum absolute atomic E-state index is 0.0637. The molecule has 0 bridgehead atoms. The second-order valence-corrected chi connectivity index (χ2v) is 4.34. The Morgan fingerprint density at radius 2 is 2.44 bits per heavy atom. The van der Waals surface area contributed by atoms with Crippen LogP contribution in [0.5, 0.6) is 0 Å². The first-order valence-electron chi connectivity index (χ1n) is 5.52. The lowest BCUT2D eigenvalue weighted by Crippen LogP contribution is -2.38. The average molecular weight is 249 g/mol. The van der Waals surface area contributed by atoms with E-state index >= 15 is 0 Å². The molecule has 0 aliphatic carbocycles. The molecule has 0 saturated carbocycles. The van der Waals surface area contributed by atoms with Crippen molar-refractivity contribution in [1.29, 1.82) is 0 Å². The number of aliphatic hydroxyl groups is 1. The summed E-state index contributed by atoms with van der Waals surface area (Å²) in [5.41, 5.74) is -0.783. The third-order valence-electron chi connectivity index (χ3n) is 2.61. The second-order valence-electron chi connectivity index (χ2n) is 4.34. The molecular formula is C12H15N3O3. The zero-order chi connectivity index (χ0) is 13.2. The lowest BCUT2D eigenvalue weighted by atomic mass is 10.0. The van der Waals surface area contributed by atoms with Crippen molar-refractivity contribution in [2.24, 2.45) is 7.05 Å². The fraction of sp³-hybridized carbons (Fsp3) is 0.333. The van der Waals surface area contributed by atoms with E-state index in [0.29, 0.717) is 11.3 Å². The van der Waals surface area contributed by atoms with Crippen molar-refractivity contribution in [2.45, 2.75) is 12.5 Å². The van der Waals surface area contributed by atoms with Crippen molar-refractivity contribution in [1.82, 2.24) is 15.1 Å². The number of hydrogen-bond donors (Lipinski definition) is 2. The molecule has 2 heterocycles. The molecule has 1 atom stereocenters. The van der Waals surface area contributed by atoms with Crippen molar-refractivity contribution in [3.63, 3.8) is 0 Å². The Balaban J connectivity index is 1.98. The highest BCUT2D eigenvalue weighted by atomic mass is 16.4. The van der Waals surface area contributed by atoms with Gasteiger partial charge in [0.05, 0.1) is 24.6 Å². The van der Waals surface area contributed by atoms with Crippen molar-refractivity contribution in [3.8, 4) is 0 Å². The van der Waals surface area contributed by atoms with E-state index in [1.165, 1.54) is 12.5 Å². The summed E-state index contributed by atoms with van der Waals surface area (Å²) < 4.78 is 6.66. The molecule has 0 spiro atoms. The summed E-state index contributed by atoms with van der Waals surface area (Å²) in [6.07, 6.45) is 4.56. The molecule has 1 unspecified atom stereocenters. The van der Waals surface area contributed by atoms with Crippen LogP contribution in [-0.4, -0.2) is 27.3 Å². The van der Waals surface area contributed by atoms with Gasteiger partial charge in [0, 0.05) is 13.2 Å². The molecule has 2 aromatic heterocycles. The van der Waals surface area contributed by atoms with E-state index in [1.54, 1.807) is 37.0 Å². The van der Waals surface area contributed by atoms with Crippen molar-refractivity contribution in [2.75, 3.05) is 6.54 Å². The molecule has 0 aliphatic heterocycles. The summed E-state index contributed by atoms with van der Waals surface area (Å²) in [5, 5.41) is 16.7. The molecule has 0 aliphatic rings. The lowest BCUT2D eigenvalue weighted by molar-refractivity contribution is 0.0330. The Hall–Kier alpha value is -2.08. The Labute approximate surface area is 104 Å². The molecule has 0 saturated heterocycles. The van der Waals surface area contributed by atoms with Gasteiger partial charge in [-0.1, -0.05) is 0 Å². The Bertz CT molecular complexity index is 529. The van der Waals surface area contributed by atoms with E-state index in [-0.39, 0.29) is 12.5 Å². The zero-order valence-electron chi connectivity index (χ0n) is 10.3. The van der Waals surface area contributed by atoms with Gasteiger partial charge >= 0.3 is 0 Å². The first kappa shape index (κ1) is 12.4. The zero-order valence-corrected chi connectivity index (χ0v) is 10.3. The first-order chi connectivity index (χ1) is 8.49. The van der Waals surface area contributed by atoms with E-state index in [4.69, 9.17) is 4.42 Å². The summed E-state index contributed by atoms with van der Waals surface area (Å²) >= 11 is 0. The van der Waals surface area contributed by atoms with Gasteiger partial charge < -0.3 is 14.8 Å². The van der Waals surface area contributed by atoms with E-state index in [9.17, 15) is 9.90 Å². The highest BCUT2D eigenvalue weighted by Crippen LogP contribution is 2.19. The maximum absolute atomic E-state index is 11.8. The Morgan fingerprint density at radius 1 is 1.67 bits per heavy atom. The molecule has 18 heavy (non-hydrogen) atoms. The van der Waals surface area contributed by atoms with Crippen LogP contribution in [0.2, 0.25) is 0 Å². The predicted octanol–water partition coefficient (Wildman–Crippen LogP) is 0.651. The number of nitrogens with zero attached hydrogens (tertiary/aromatic N) is 2. The van der Waals surface area contributed by atoms with Crippen LogP contribution in [0.4, 0.5) is 0 Å². The summed E-state index contributed by atoms with van der Waals surface area (Å²) in [5.74, 6) is 0.129. The summed E-state index contributed by atoms with van der Waals surface area (Å²) in [7, 11) is 1.73. The number of amides is 1. The van der Waals surface area contributed by atoms with Gasteiger partial charge in [0.1, 0.15) is 11.4 Å². The number of hydrogen-bond acceptors (Lipinski definition) is 4. The van der Waals surface area contributed by atoms with Crippen LogP contribution in [-0.2, 0) is 12.6 Å². The highest BCUT2D eigenvalue weighted by Gasteiger charge is 2.27. The quantitative estimate of drug-likeness (QED) is 0.833. The molecule has 6 nitrogen and oxygen atoms in total. The van der Waals surface area contributed by atoms with E-state index in [2.05, 4.69) is 10.4 Å². The van der Waals surface area contributed by atoms with Gasteiger partial charge in [-0.15, -0.1) is 0 Å². The van der Waals surface area contributed by atoms with Gasteiger partial charge in [0.2, 0.25) is 0 Å². The molecule has 0 radical (unpaired) electrons. The predicted molar refractivity (Wildman–Crippen MR) is 63.8 cm³/mol. The molecule has 6 heteroatoms. The van der Waals surface area contributed by atoms with Crippen molar-refractivity contribution in [3.05, 3.63) is 42.1 Å². The van der Waals surface area contributed by atoms with Crippen LogP contribution < -0.4 is 5.32 Å². The topological polar surface area (TPSA) is 80.3 Å². The van der Waals surface area contributed by atoms with Crippen LogP contribution in [0.15, 0.2) is 35.2 Å². The largest absolute Gasteiger partial charge is 0.466 e. The SMILES string of the molecule is Cn1cc(C(=O)NCC(C)(O)c2ccco2)cn1. The fourth-order valence-corrected chi connectivity index (χ4v) is 1.57. The van der Waals surface area contributed by atoms with E-state index in [0.717, 1.165) is 0 Å². The molecule has 2 N–H and O–H groups in total. The summed E-state index contributed by atoms with van der Waals surface area (Å²) in [6.45, 7) is 1.64. The molecule has 1 amide bonds. The molecule has 2 aromatic rings. The minimum Gasteiger partial charge on any atom is -0.466 e. The number of rotatable bonds is 4. The van der Waals surface area contributed by atoms with Gasteiger partial charge in [-0.25, -0.2) is 0 Å². The van der Waals surface area contributed by atoms with Gasteiger partial charge in [-0.05, 0) is 19.1 Å². The Kier molecular flexibility index (Phi) is 3.20. The maximum atomic E-state index is 11.8. The molecule has 2 rings (SSSR count). The number of aromatic nitrogens is 2.